The first-order valence-corrected chi connectivity index (χ1v) is 5.51. The molecule has 2 atom stereocenters. The number of hydrogen-bond acceptors (Lipinski definition) is 4. The maximum absolute atomic E-state index is 6.13. The molecule has 2 N–H and O–H groups in total. The fourth-order valence-corrected chi connectivity index (χ4v) is 1.98. The van der Waals surface area contributed by atoms with Gasteiger partial charge in [-0.3, -0.25) is 4.68 Å². The highest BCUT2D eigenvalue weighted by Crippen LogP contribution is 2.17. The van der Waals surface area contributed by atoms with E-state index < -0.39 is 0 Å². The SMILES string of the molecule is CCn1ncnc1CC(N)C1CCOC1. The van der Waals surface area contributed by atoms with E-state index in [1.807, 2.05) is 4.68 Å². The van der Waals surface area contributed by atoms with E-state index in [2.05, 4.69) is 17.0 Å². The van der Waals surface area contributed by atoms with Crippen LogP contribution in [0.3, 0.4) is 0 Å². The zero-order valence-corrected chi connectivity index (χ0v) is 9.09. The molecule has 15 heavy (non-hydrogen) atoms. The molecule has 0 radical (unpaired) electrons. The second-order valence-electron chi connectivity index (χ2n) is 3.98. The van der Waals surface area contributed by atoms with Crippen LogP contribution < -0.4 is 5.73 Å². The highest BCUT2D eigenvalue weighted by atomic mass is 16.5. The lowest BCUT2D eigenvalue weighted by atomic mass is 9.97. The van der Waals surface area contributed by atoms with Gasteiger partial charge in [0.25, 0.3) is 0 Å². The molecule has 0 saturated carbocycles. The van der Waals surface area contributed by atoms with E-state index in [0.717, 1.165) is 38.4 Å². The van der Waals surface area contributed by atoms with Crippen LogP contribution in [0, 0.1) is 5.92 Å². The lowest BCUT2D eigenvalue weighted by Crippen LogP contribution is -2.33. The standard InChI is InChI=1S/C10H18N4O/c1-2-14-10(12-7-13-14)5-9(11)8-3-4-15-6-8/h7-9H,2-6,11H2,1H3. The largest absolute Gasteiger partial charge is 0.381 e. The normalized spacial score (nSPS) is 23.2. The van der Waals surface area contributed by atoms with E-state index in [4.69, 9.17) is 10.5 Å². The first-order valence-electron chi connectivity index (χ1n) is 5.51. The Morgan fingerprint density at radius 2 is 2.60 bits per heavy atom. The van der Waals surface area contributed by atoms with Gasteiger partial charge in [-0.1, -0.05) is 0 Å². The van der Waals surface area contributed by atoms with Gasteiger partial charge in [-0.05, 0) is 19.3 Å². The van der Waals surface area contributed by atoms with E-state index in [1.54, 1.807) is 6.33 Å². The van der Waals surface area contributed by atoms with Crippen LogP contribution >= 0.6 is 0 Å². The number of aryl methyl sites for hydroxylation is 1. The first-order chi connectivity index (χ1) is 7.31. The highest BCUT2D eigenvalue weighted by Gasteiger charge is 2.24. The fraction of sp³-hybridized carbons (Fsp3) is 0.800. The summed E-state index contributed by atoms with van der Waals surface area (Å²) >= 11 is 0. The molecule has 84 valence electrons. The highest BCUT2D eigenvalue weighted by molar-refractivity contribution is 4.91. The van der Waals surface area contributed by atoms with Gasteiger partial charge in [0.2, 0.25) is 0 Å². The molecule has 1 aliphatic rings. The zero-order valence-electron chi connectivity index (χ0n) is 9.09. The van der Waals surface area contributed by atoms with Crippen molar-refractivity contribution in [2.75, 3.05) is 13.2 Å². The van der Waals surface area contributed by atoms with E-state index in [0.29, 0.717) is 5.92 Å². The van der Waals surface area contributed by atoms with Crippen LogP contribution in [0.2, 0.25) is 0 Å². The van der Waals surface area contributed by atoms with Crippen molar-refractivity contribution in [1.29, 1.82) is 0 Å². The molecule has 0 bridgehead atoms. The number of nitrogens with zero attached hydrogens (tertiary/aromatic N) is 3. The van der Waals surface area contributed by atoms with Crippen LogP contribution in [-0.4, -0.2) is 34.0 Å². The van der Waals surface area contributed by atoms with Crippen LogP contribution in [0.4, 0.5) is 0 Å². The third-order valence-electron chi connectivity index (χ3n) is 2.98. The lowest BCUT2D eigenvalue weighted by Gasteiger charge is -2.16. The van der Waals surface area contributed by atoms with E-state index in [-0.39, 0.29) is 6.04 Å². The van der Waals surface area contributed by atoms with Crippen molar-refractivity contribution < 1.29 is 4.74 Å². The summed E-state index contributed by atoms with van der Waals surface area (Å²) in [5, 5.41) is 4.13. The predicted molar refractivity (Wildman–Crippen MR) is 56.3 cm³/mol. The minimum Gasteiger partial charge on any atom is -0.381 e. The third kappa shape index (κ3) is 2.35. The monoisotopic (exact) mass is 210 g/mol. The smallest absolute Gasteiger partial charge is 0.138 e. The number of aromatic nitrogens is 3. The van der Waals surface area contributed by atoms with Gasteiger partial charge in [0.05, 0.1) is 6.61 Å². The molecule has 1 saturated heterocycles. The first kappa shape index (κ1) is 10.6. The molecule has 5 heteroatoms. The Kier molecular flexibility index (Phi) is 3.33. The fourth-order valence-electron chi connectivity index (χ4n) is 1.98. The van der Waals surface area contributed by atoms with Crippen molar-refractivity contribution in [1.82, 2.24) is 14.8 Å². The second-order valence-corrected chi connectivity index (χ2v) is 3.98. The molecule has 0 aliphatic carbocycles. The molecule has 1 aliphatic heterocycles. The van der Waals surface area contributed by atoms with E-state index >= 15 is 0 Å². The predicted octanol–water partition coefficient (Wildman–Crippen LogP) is 0.204. The van der Waals surface area contributed by atoms with E-state index in [9.17, 15) is 0 Å². The van der Waals surface area contributed by atoms with Crippen molar-refractivity contribution in [3.05, 3.63) is 12.2 Å². The Labute approximate surface area is 89.6 Å². The molecule has 1 aromatic rings. The molecule has 0 amide bonds. The van der Waals surface area contributed by atoms with Gasteiger partial charge in [-0.15, -0.1) is 0 Å². The molecule has 2 unspecified atom stereocenters. The molecule has 1 aromatic heterocycles. The van der Waals surface area contributed by atoms with E-state index in [1.165, 1.54) is 0 Å². The zero-order chi connectivity index (χ0) is 10.7. The van der Waals surface area contributed by atoms with Crippen molar-refractivity contribution >= 4 is 0 Å². The van der Waals surface area contributed by atoms with Crippen LogP contribution in [0.1, 0.15) is 19.2 Å². The Hall–Kier alpha value is -0.940. The molecular weight excluding hydrogens is 192 g/mol. The van der Waals surface area contributed by atoms with Crippen molar-refractivity contribution in [2.45, 2.75) is 32.4 Å². The van der Waals surface area contributed by atoms with Crippen molar-refractivity contribution in [2.24, 2.45) is 11.7 Å². The third-order valence-corrected chi connectivity index (χ3v) is 2.98. The maximum Gasteiger partial charge on any atom is 0.138 e. The van der Waals surface area contributed by atoms with Gasteiger partial charge in [-0.25, -0.2) is 4.98 Å². The summed E-state index contributed by atoms with van der Waals surface area (Å²) in [4.78, 5) is 4.23. The number of nitrogens with two attached hydrogens (primary N) is 1. The second kappa shape index (κ2) is 4.72. The summed E-state index contributed by atoms with van der Waals surface area (Å²) in [6, 6.07) is 0.141. The molecule has 2 rings (SSSR count). The molecular formula is C10H18N4O. The minimum absolute atomic E-state index is 0.141. The van der Waals surface area contributed by atoms with Gasteiger partial charge >= 0.3 is 0 Å². The van der Waals surface area contributed by atoms with Crippen molar-refractivity contribution in [3.63, 3.8) is 0 Å². The Morgan fingerprint density at radius 1 is 1.73 bits per heavy atom. The van der Waals surface area contributed by atoms with Crippen LogP contribution in [0.15, 0.2) is 6.33 Å². The topological polar surface area (TPSA) is 66.0 Å². The lowest BCUT2D eigenvalue weighted by molar-refractivity contribution is 0.180. The van der Waals surface area contributed by atoms with Gasteiger partial charge in [-0.2, -0.15) is 5.10 Å². The summed E-state index contributed by atoms with van der Waals surface area (Å²) in [6.07, 6.45) is 3.46. The maximum atomic E-state index is 6.13. The Morgan fingerprint density at radius 3 is 3.27 bits per heavy atom. The molecule has 0 spiro atoms. The Balaban J connectivity index is 1.95. The Bertz CT molecular complexity index is 306. The molecule has 0 aromatic carbocycles. The number of rotatable bonds is 4. The van der Waals surface area contributed by atoms with Crippen LogP contribution in [0.5, 0.6) is 0 Å². The van der Waals surface area contributed by atoms with Crippen LogP contribution in [0.25, 0.3) is 0 Å². The minimum atomic E-state index is 0.141. The summed E-state index contributed by atoms with van der Waals surface area (Å²) in [5.41, 5.74) is 6.13. The number of ether oxygens (including phenoxy) is 1. The molecule has 5 nitrogen and oxygen atoms in total. The van der Waals surface area contributed by atoms with Gasteiger partial charge in [0.1, 0.15) is 12.2 Å². The number of hydrogen-bond donors (Lipinski definition) is 1. The summed E-state index contributed by atoms with van der Waals surface area (Å²) in [7, 11) is 0. The summed E-state index contributed by atoms with van der Waals surface area (Å²) in [6.45, 7) is 4.55. The molecule has 1 fully saturated rings. The summed E-state index contributed by atoms with van der Waals surface area (Å²) in [5.74, 6) is 1.46. The van der Waals surface area contributed by atoms with Crippen molar-refractivity contribution in [3.8, 4) is 0 Å². The average Bonchev–Trinajstić information content (AvgIpc) is 2.87. The summed E-state index contributed by atoms with van der Waals surface area (Å²) < 4.78 is 7.23. The van der Waals surface area contributed by atoms with Gasteiger partial charge in [0, 0.05) is 25.6 Å². The average molecular weight is 210 g/mol. The van der Waals surface area contributed by atoms with Crippen LogP contribution in [-0.2, 0) is 17.7 Å². The van der Waals surface area contributed by atoms with Gasteiger partial charge in [0.15, 0.2) is 0 Å². The quantitative estimate of drug-likeness (QED) is 0.771. The van der Waals surface area contributed by atoms with Gasteiger partial charge < -0.3 is 10.5 Å². The molecule has 2 heterocycles.